The third-order valence-electron chi connectivity index (χ3n) is 4.45. The number of ether oxygens (including phenoxy) is 1. The van der Waals surface area contributed by atoms with Crippen molar-refractivity contribution in [2.24, 2.45) is 0 Å². The SMILES string of the molecule is CCOC(=O)c1c(Cl)nc(SC)nc1CC1(O)CCc2c(Cl)cccc21. The van der Waals surface area contributed by atoms with Gasteiger partial charge in [-0.15, -0.1) is 0 Å². The summed E-state index contributed by atoms with van der Waals surface area (Å²) in [6.07, 6.45) is 3.10. The standard InChI is InChI=1S/C18H18Cl2N2O3S/c1-3-25-16(23)14-13(21-17(26-2)22-15(14)20)9-18(24)8-7-10-11(18)5-4-6-12(10)19/h4-6,24H,3,7-9H2,1-2H3. The molecule has 1 atom stereocenters. The molecule has 0 saturated carbocycles. The third-order valence-corrected chi connectivity index (χ3v) is 5.63. The molecule has 0 fully saturated rings. The molecule has 1 aliphatic rings. The second-order valence-corrected chi connectivity index (χ2v) is 7.56. The number of hydrogen-bond donors (Lipinski definition) is 1. The highest BCUT2D eigenvalue weighted by atomic mass is 35.5. The lowest BCUT2D eigenvalue weighted by Gasteiger charge is -2.25. The Morgan fingerprint density at radius 2 is 2.15 bits per heavy atom. The zero-order chi connectivity index (χ0) is 18.9. The second-order valence-electron chi connectivity index (χ2n) is 6.02. The maximum atomic E-state index is 12.4. The van der Waals surface area contributed by atoms with Crippen molar-refractivity contribution in [2.45, 2.75) is 36.9 Å². The van der Waals surface area contributed by atoms with E-state index in [0.29, 0.717) is 28.7 Å². The van der Waals surface area contributed by atoms with Gasteiger partial charge in [0.1, 0.15) is 10.7 Å². The van der Waals surface area contributed by atoms with Gasteiger partial charge in [-0.25, -0.2) is 14.8 Å². The number of aromatic nitrogens is 2. The van der Waals surface area contributed by atoms with Crippen LogP contribution in [0.5, 0.6) is 0 Å². The number of fused-ring (bicyclic) bond motifs is 1. The van der Waals surface area contributed by atoms with Gasteiger partial charge in [0.2, 0.25) is 0 Å². The lowest BCUT2D eigenvalue weighted by molar-refractivity contribution is 0.0366. The van der Waals surface area contributed by atoms with Crippen LogP contribution in [0, 0.1) is 0 Å². The molecule has 8 heteroatoms. The van der Waals surface area contributed by atoms with Crippen LogP contribution in [0.25, 0.3) is 0 Å². The highest BCUT2D eigenvalue weighted by Gasteiger charge is 2.39. The quantitative estimate of drug-likeness (QED) is 0.345. The first kappa shape index (κ1) is 19.4. The summed E-state index contributed by atoms with van der Waals surface area (Å²) in [5.74, 6) is -0.590. The molecule has 138 valence electrons. The average Bonchev–Trinajstić information content (AvgIpc) is 2.93. The number of hydrogen-bond acceptors (Lipinski definition) is 6. The van der Waals surface area contributed by atoms with E-state index in [-0.39, 0.29) is 23.7 Å². The number of rotatable bonds is 5. The Morgan fingerprint density at radius 3 is 2.85 bits per heavy atom. The average molecular weight is 413 g/mol. The number of aliphatic hydroxyl groups is 1. The van der Waals surface area contributed by atoms with E-state index >= 15 is 0 Å². The summed E-state index contributed by atoms with van der Waals surface area (Å²) in [5, 5.41) is 12.4. The zero-order valence-electron chi connectivity index (χ0n) is 14.4. The summed E-state index contributed by atoms with van der Waals surface area (Å²) in [5.41, 5.74) is 1.01. The molecule has 26 heavy (non-hydrogen) atoms. The molecular formula is C18H18Cl2N2O3S. The van der Waals surface area contributed by atoms with Gasteiger partial charge in [-0.05, 0) is 43.2 Å². The van der Waals surface area contributed by atoms with Crippen molar-refractivity contribution in [3.63, 3.8) is 0 Å². The van der Waals surface area contributed by atoms with Crippen molar-refractivity contribution in [3.8, 4) is 0 Å². The van der Waals surface area contributed by atoms with Crippen LogP contribution >= 0.6 is 35.0 Å². The van der Waals surface area contributed by atoms with E-state index in [0.717, 1.165) is 11.1 Å². The molecule has 0 aliphatic heterocycles. The van der Waals surface area contributed by atoms with Gasteiger partial charge in [-0.1, -0.05) is 47.1 Å². The minimum absolute atomic E-state index is 0.0331. The lowest BCUT2D eigenvalue weighted by Crippen LogP contribution is -2.28. The fourth-order valence-electron chi connectivity index (χ4n) is 3.26. The maximum absolute atomic E-state index is 12.4. The Hall–Kier alpha value is -1.34. The molecule has 1 heterocycles. The van der Waals surface area contributed by atoms with Crippen LogP contribution in [-0.4, -0.2) is 33.9 Å². The zero-order valence-corrected chi connectivity index (χ0v) is 16.7. The van der Waals surface area contributed by atoms with Gasteiger partial charge < -0.3 is 9.84 Å². The van der Waals surface area contributed by atoms with Crippen LogP contribution in [0.3, 0.4) is 0 Å². The highest BCUT2D eigenvalue weighted by molar-refractivity contribution is 7.98. The minimum Gasteiger partial charge on any atom is -0.462 e. The summed E-state index contributed by atoms with van der Waals surface area (Å²) in [7, 11) is 0. The van der Waals surface area contributed by atoms with Gasteiger partial charge in [-0.3, -0.25) is 0 Å². The number of esters is 1. The molecule has 0 radical (unpaired) electrons. The van der Waals surface area contributed by atoms with Crippen LogP contribution < -0.4 is 0 Å². The molecular weight excluding hydrogens is 395 g/mol. The molecule has 5 nitrogen and oxygen atoms in total. The Labute approximate surface area is 166 Å². The summed E-state index contributed by atoms with van der Waals surface area (Å²) in [4.78, 5) is 20.9. The first-order chi connectivity index (χ1) is 12.4. The molecule has 1 unspecified atom stereocenters. The van der Waals surface area contributed by atoms with Gasteiger partial charge in [0.05, 0.1) is 17.9 Å². The predicted molar refractivity (Wildman–Crippen MR) is 102 cm³/mol. The molecule has 2 aromatic rings. The number of benzene rings is 1. The Bertz CT molecular complexity index is 863. The van der Waals surface area contributed by atoms with Crippen LogP contribution in [-0.2, 0) is 23.2 Å². The maximum Gasteiger partial charge on any atom is 0.343 e. The summed E-state index contributed by atoms with van der Waals surface area (Å²) in [6.45, 7) is 1.92. The first-order valence-corrected chi connectivity index (χ1v) is 10.2. The molecule has 0 amide bonds. The van der Waals surface area contributed by atoms with Gasteiger partial charge in [0, 0.05) is 11.4 Å². The van der Waals surface area contributed by atoms with Crippen molar-refractivity contribution >= 4 is 40.9 Å². The second kappa shape index (κ2) is 7.72. The number of carbonyl (C=O) groups is 1. The highest BCUT2D eigenvalue weighted by Crippen LogP contribution is 2.42. The largest absolute Gasteiger partial charge is 0.462 e. The van der Waals surface area contributed by atoms with Crippen molar-refractivity contribution < 1.29 is 14.6 Å². The monoisotopic (exact) mass is 412 g/mol. The normalized spacial score (nSPS) is 18.7. The molecule has 0 saturated heterocycles. The van der Waals surface area contributed by atoms with Crippen LogP contribution in [0.15, 0.2) is 23.4 Å². The first-order valence-electron chi connectivity index (χ1n) is 8.17. The van der Waals surface area contributed by atoms with E-state index in [1.807, 2.05) is 24.5 Å². The summed E-state index contributed by atoms with van der Waals surface area (Å²) < 4.78 is 5.10. The topological polar surface area (TPSA) is 72.3 Å². The van der Waals surface area contributed by atoms with Gasteiger partial charge in [0.25, 0.3) is 0 Å². The predicted octanol–water partition coefficient (Wildman–Crippen LogP) is 4.06. The summed E-state index contributed by atoms with van der Waals surface area (Å²) in [6, 6.07) is 5.48. The van der Waals surface area contributed by atoms with E-state index in [1.165, 1.54) is 11.8 Å². The molecule has 1 aliphatic carbocycles. The molecule has 3 rings (SSSR count). The van der Waals surface area contributed by atoms with E-state index in [4.69, 9.17) is 27.9 Å². The van der Waals surface area contributed by atoms with Crippen molar-refractivity contribution in [1.82, 2.24) is 9.97 Å². The van der Waals surface area contributed by atoms with E-state index in [9.17, 15) is 9.90 Å². The van der Waals surface area contributed by atoms with Crippen LogP contribution in [0.2, 0.25) is 10.2 Å². The smallest absolute Gasteiger partial charge is 0.343 e. The number of halogens is 2. The number of nitrogens with zero attached hydrogens (tertiary/aromatic N) is 2. The minimum atomic E-state index is -1.17. The molecule has 0 bridgehead atoms. The molecule has 1 aromatic heterocycles. The van der Waals surface area contributed by atoms with Crippen LogP contribution in [0.1, 0.15) is 40.5 Å². The van der Waals surface area contributed by atoms with Crippen LogP contribution in [0.4, 0.5) is 0 Å². The fourth-order valence-corrected chi connectivity index (χ4v) is 4.23. The van der Waals surface area contributed by atoms with Gasteiger partial charge in [0.15, 0.2) is 5.16 Å². The Morgan fingerprint density at radius 1 is 1.38 bits per heavy atom. The van der Waals surface area contributed by atoms with Crippen molar-refractivity contribution in [3.05, 3.63) is 50.8 Å². The number of carbonyl (C=O) groups excluding carboxylic acids is 1. The van der Waals surface area contributed by atoms with Crippen molar-refractivity contribution in [2.75, 3.05) is 12.9 Å². The van der Waals surface area contributed by atoms with Crippen molar-refractivity contribution in [1.29, 1.82) is 0 Å². The molecule has 1 N–H and O–H groups in total. The van der Waals surface area contributed by atoms with E-state index < -0.39 is 11.6 Å². The fraction of sp³-hybridized carbons (Fsp3) is 0.389. The third kappa shape index (κ3) is 3.56. The molecule has 1 aromatic carbocycles. The van der Waals surface area contributed by atoms with Gasteiger partial charge in [-0.2, -0.15) is 0 Å². The van der Waals surface area contributed by atoms with Gasteiger partial charge >= 0.3 is 5.97 Å². The molecule has 0 spiro atoms. The Balaban J connectivity index is 2.06. The summed E-state index contributed by atoms with van der Waals surface area (Å²) >= 11 is 13.8. The van der Waals surface area contributed by atoms with E-state index in [2.05, 4.69) is 9.97 Å². The van der Waals surface area contributed by atoms with E-state index in [1.54, 1.807) is 6.92 Å². The lowest BCUT2D eigenvalue weighted by atomic mass is 9.89. The Kier molecular flexibility index (Phi) is 5.77. The number of thioether (sulfide) groups is 1.